The maximum atomic E-state index is 14.0. The van der Waals surface area contributed by atoms with Gasteiger partial charge < -0.3 is 5.32 Å². The Labute approximate surface area is 175 Å². The molecule has 0 spiro atoms. The molecule has 1 saturated carbocycles. The van der Waals surface area contributed by atoms with Crippen LogP contribution in [-0.4, -0.2) is 15.9 Å². The van der Waals surface area contributed by atoms with Crippen molar-refractivity contribution < 1.29 is 4.79 Å². The van der Waals surface area contributed by atoms with Crippen LogP contribution in [0.25, 0.3) is 21.8 Å². The van der Waals surface area contributed by atoms with Gasteiger partial charge in [-0.15, -0.1) is 0 Å². The third-order valence-corrected chi connectivity index (χ3v) is 7.54. The molecule has 4 nitrogen and oxygen atoms in total. The van der Waals surface area contributed by atoms with Crippen molar-refractivity contribution in [1.82, 2.24) is 9.97 Å². The first-order valence-corrected chi connectivity index (χ1v) is 10.6. The second-order valence-electron chi connectivity index (χ2n) is 9.15. The zero-order valence-electron chi connectivity index (χ0n) is 17.1. The molecule has 1 amide bonds. The number of rotatable bonds is 2. The van der Waals surface area contributed by atoms with E-state index in [2.05, 4.69) is 37.4 Å². The molecule has 1 heterocycles. The molecule has 6 rings (SSSR count). The highest BCUT2D eigenvalue weighted by atomic mass is 16.2. The van der Waals surface area contributed by atoms with Crippen LogP contribution in [0.5, 0.6) is 0 Å². The van der Waals surface area contributed by atoms with Crippen LogP contribution in [0, 0.1) is 5.41 Å². The van der Waals surface area contributed by atoms with E-state index in [1.807, 2.05) is 48.5 Å². The van der Waals surface area contributed by atoms with E-state index in [0.29, 0.717) is 0 Å². The minimum absolute atomic E-state index is 0.0367. The zero-order valence-corrected chi connectivity index (χ0v) is 17.1. The van der Waals surface area contributed by atoms with Gasteiger partial charge in [0.25, 0.3) is 0 Å². The van der Waals surface area contributed by atoms with Gasteiger partial charge in [-0.05, 0) is 41.8 Å². The van der Waals surface area contributed by atoms with Crippen molar-refractivity contribution >= 4 is 33.4 Å². The first kappa shape index (κ1) is 17.6. The molecule has 2 atom stereocenters. The second kappa shape index (κ2) is 5.88. The molecule has 0 radical (unpaired) electrons. The number of nitrogens with one attached hydrogen (secondary N) is 1. The van der Waals surface area contributed by atoms with Gasteiger partial charge in [-0.25, -0.2) is 9.97 Å². The first-order chi connectivity index (χ1) is 14.5. The topological polar surface area (TPSA) is 54.9 Å². The van der Waals surface area contributed by atoms with E-state index < -0.39 is 5.41 Å². The summed E-state index contributed by atoms with van der Waals surface area (Å²) in [7, 11) is 0. The Morgan fingerprint density at radius 3 is 2.47 bits per heavy atom. The van der Waals surface area contributed by atoms with Gasteiger partial charge in [-0.2, -0.15) is 0 Å². The fraction of sp³-hybridized carbons (Fsp3) is 0.269. The summed E-state index contributed by atoms with van der Waals surface area (Å²) in [6.45, 7) is 4.42. The van der Waals surface area contributed by atoms with Gasteiger partial charge in [0.1, 0.15) is 0 Å². The van der Waals surface area contributed by atoms with E-state index in [4.69, 9.17) is 9.97 Å². The van der Waals surface area contributed by atoms with Gasteiger partial charge in [-0.1, -0.05) is 62.4 Å². The van der Waals surface area contributed by atoms with E-state index in [1.165, 1.54) is 0 Å². The van der Waals surface area contributed by atoms with Crippen LogP contribution in [-0.2, 0) is 10.2 Å². The lowest BCUT2D eigenvalue weighted by Gasteiger charge is -2.36. The number of carbonyl (C=O) groups is 1. The van der Waals surface area contributed by atoms with Gasteiger partial charge in [-0.3, -0.25) is 4.79 Å². The summed E-state index contributed by atoms with van der Waals surface area (Å²) in [5.74, 6) is 0.289. The van der Waals surface area contributed by atoms with E-state index in [-0.39, 0.29) is 17.2 Å². The van der Waals surface area contributed by atoms with E-state index >= 15 is 0 Å². The highest BCUT2D eigenvalue weighted by Crippen LogP contribution is 2.67. The highest BCUT2D eigenvalue weighted by Gasteiger charge is 2.67. The minimum atomic E-state index is -0.666. The largest absolute Gasteiger partial charge is 0.325 e. The van der Waals surface area contributed by atoms with Crippen molar-refractivity contribution in [2.75, 3.05) is 5.32 Å². The Balaban J connectivity index is 1.51. The molecule has 1 fully saturated rings. The van der Waals surface area contributed by atoms with Crippen molar-refractivity contribution in [3.8, 4) is 0 Å². The van der Waals surface area contributed by atoms with E-state index in [0.717, 1.165) is 51.7 Å². The van der Waals surface area contributed by atoms with Crippen LogP contribution in [0.3, 0.4) is 0 Å². The fourth-order valence-corrected chi connectivity index (χ4v) is 5.89. The standard InChI is InChI=1S/C26H23N3O/c1-25(2)18-14-15-26(25,23-22(18)27-20-11-5-6-12-21(20)28-23)24(30)29-19-13-7-9-16-8-3-4-10-17(16)19/h3-13,18H,14-15H2,1-2H3,(H,29,30). The summed E-state index contributed by atoms with van der Waals surface area (Å²) < 4.78 is 0. The van der Waals surface area contributed by atoms with Crippen molar-refractivity contribution in [2.24, 2.45) is 5.41 Å². The smallest absolute Gasteiger partial charge is 0.237 e. The molecule has 4 aromatic rings. The van der Waals surface area contributed by atoms with Crippen molar-refractivity contribution in [3.05, 3.63) is 78.1 Å². The summed E-state index contributed by atoms with van der Waals surface area (Å²) >= 11 is 0. The number of aromatic nitrogens is 2. The third-order valence-electron chi connectivity index (χ3n) is 7.54. The number of nitrogens with zero attached hydrogens (tertiary/aromatic N) is 2. The predicted octanol–water partition coefficient (Wildman–Crippen LogP) is 5.58. The van der Waals surface area contributed by atoms with Crippen LogP contribution in [0.15, 0.2) is 66.7 Å². The van der Waals surface area contributed by atoms with Crippen molar-refractivity contribution in [3.63, 3.8) is 0 Å². The normalized spacial score (nSPS) is 23.6. The molecule has 2 aliphatic rings. The van der Waals surface area contributed by atoms with Crippen LogP contribution in [0.1, 0.15) is 44.0 Å². The molecule has 0 aliphatic heterocycles. The van der Waals surface area contributed by atoms with E-state index in [1.54, 1.807) is 0 Å². The second-order valence-corrected chi connectivity index (χ2v) is 9.15. The lowest BCUT2D eigenvalue weighted by atomic mass is 9.67. The van der Waals surface area contributed by atoms with Gasteiger partial charge in [0.15, 0.2) is 0 Å². The van der Waals surface area contributed by atoms with Gasteiger partial charge >= 0.3 is 0 Å². The van der Waals surface area contributed by atoms with Crippen molar-refractivity contribution in [1.29, 1.82) is 0 Å². The Bertz CT molecular complexity index is 1340. The molecular formula is C26H23N3O. The summed E-state index contributed by atoms with van der Waals surface area (Å²) in [4.78, 5) is 24.0. The summed E-state index contributed by atoms with van der Waals surface area (Å²) in [5.41, 5.74) is 3.61. The average molecular weight is 393 g/mol. The van der Waals surface area contributed by atoms with Crippen LogP contribution in [0.2, 0.25) is 0 Å². The molecule has 3 aromatic carbocycles. The monoisotopic (exact) mass is 393 g/mol. The number of fused-ring (bicyclic) bond motifs is 7. The number of benzene rings is 3. The molecule has 148 valence electrons. The molecule has 30 heavy (non-hydrogen) atoms. The SMILES string of the molecule is CC1(C)C2CCC1(C(=O)Nc1cccc3ccccc13)c1nc3ccccc3nc12. The van der Waals surface area contributed by atoms with Crippen molar-refractivity contribution in [2.45, 2.75) is 38.0 Å². The molecule has 2 bridgehead atoms. The quantitative estimate of drug-likeness (QED) is 0.484. The third kappa shape index (κ3) is 2.08. The molecule has 2 aliphatic carbocycles. The number of carbonyl (C=O) groups excluding carboxylic acids is 1. The Morgan fingerprint density at radius 2 is 1.63 bits per heavy atom. The lowest BCUT2D eigenvalue weighted by Crippen LogP contribution is -2.46. The number of hydrogen-bond donors (Lipinski definition) is 1. The van der Waals surface area contributed by atoms with Crippen LogP contribution in [0.4, 0.5) is 5.69 Å². The number of anilines is 1. The van der Waals surface area contributed by atoms with Gasteiger partial charge in [0, 0.05) is 17.0 Å². The number of para-hydroxylation sites is 2. The average Bonchev–Trinajstić information content (AvgIpc) is 3.14. The Hall–Kier alpha value is -3.27. The lowest BCUT2D eigenvalue weighted by molar-refractivity contribution is -0.124. The highest BCUT2D eigenvalue weighted by molar-refractivity contribution is 6.07. The van der Waals surface area contributed by atoms with Gasteiger partial charge in [0.05, 0.1) is 27.8 Å². The molecule has 1 N–H and O–H groups in total. The summed E-state index contributed by atoms with van der Waals surface area (Å²) in [6.07, 6.45) is 1.78. The zero-order chi connectivity index (χ0) is 20.5. The maximum absolute atomic E-state index is 14.0. The van der Waals surface area contributed by atoms with Crippen LogP contribution >= 0.6 is 0 Å². The first-order valence-electron chi connectivity index (χ1n) is 10.6. The van der Waals surface area contributed by atoms with E-state index in [9.17, 15) is 4.79 Å². The number of hydrogen-bond acceptors (Lipinski definition) is 3. The minimum Gasteiger partial charge on any atom is -0.325 e. The molecular weight excluding hydrogens is 370 g/mol. The maximum Gasteiger partial charge on any atom is 0.237 e. The summed E-state index contributed by atoms with van der Waals surface area (Å²) in [5, 5.41) is 5.46. The molecule has 0 saturated heterocycles. The Kier molecular flexibility index (Phi) is 3.45. The predicted molar refractivity (Wildman–Crippen MR) is 120 cm³/mol. The van der Waals surface area contributed by atoms with Crippen LogP contribution < -0.4 is 5.32 Å². The fourth-order valence-electron chi connectivity index (χ4n) is 5.89. The Morgan fingerprint density at radius 1 is 0.933 bits per heavy atom. The number of amides is 1. The molecule has 1 aromatic heterocycles. The summed E-state index contributed by atoms with van der Waals surface area (Å²) in [6, 6.07) is 22.2. The molecule has 4 heteroatoms. The molecule has 2 unspecified atom stereocenters. The van der Waals surface area contributed by atoms with Gasteiger partial charge in [0.2, 0.25) is 5.91 Å².